The minimum Gasteiger partial charge on any atom is -0.444 e. The molecule has 1 amide bonds. The van der Waals surface area contributed by atoms with E-state index in [1.54, 1.807) is 0 Å². The molecule has 1 aliphatic carbocycles. The lowest BCUT2D eigenvalue weighted by Gasteiger charge is -2.35. The molecular weight excluding hydrogens is 406 g/mol. The van der Waals surface area contributed by atoms with Crippen molar-refractivity contribution in [2.24, 2.45) is 12.0 Å². The number of guanidine groups is 1. The Kier molecular flexibility index (Phi) is 9.33. The van der Waals surface area contributed by atoms with Crippen molar-refractivity contribution in [2.75, 3.05) is 6.54 Å². The fourth-order valence-electron chi connectivity index (χ4n) is 3.83. The highest BCUT2D eigenvalue weighted by Crippen LogP contribution is 2.18. The third-order valence-electron chi connectivity index (χ3n) is 6.22. The van der Waals surface area contributed by atoms with E-state index in [0.29, 0.717) is 19.1 Å². The molecule has 0 radical (unpaired) electrons. The number of ether oxygens (including phenoxy) is 1. The Hall–Kier alpha value is -2.32. The van der Waals surface area contributed by atoms with E-state index in [-0.39, 0.29) is 0 Å². The van der Waals surface area contributed by atoms with Gasteiger partial charge in [0, 0.05) is 19.6 Å². The van der Waals surface area contributed by atoms with Crippen molar-refractivity contribution in [3.8, 4) is 0 Å². The van der Waals surface area contributed by atoms with Crippen LogP contribution in [0, 0.1) is 6.92 Å². The van der Waals surface area contributed by atoms with Crippen LogP contribution >= 0.6 is 0 Å². The van der Waals surface area contributed by atoms with Gasteiger partial charge in [0.1, 0.15) is 18.0 Å². The molecule has 32 heavy (non-hydrogen) atoms. The quantitative estimate of drug-likeness (QED) is 0.414. The van der Waals surface area contributed by atoms with Crippen molar-refractivity contribution in [3.63, 3.8) is 0 Å². The summed E-state index contributed by atoms with van der Waals surface area (Å²) in [5, 5.41) is 18.5. The zero-order valence-electron chi connectivity index (χ0n) is 21.0. The van der Waals surface area contributed by atoms with Crippen molar-refractivity contribution in [1.29, 1.82) is 0 Å². The van der Waals surface area contributed by atoms with Gasteiger partial charge in [-0.05, 0) is 53.4 Å². The van der Waals surface area contributed by atoms with Gasteiger partial charge in [0.2, 0.25) is 0 Å². The number of aromatic nitrogens is 3. The van der Waals surface area contributed by atoms with Crippen LogP contribution in [0.25, 0.3) is 0 Å². The molecule has 1 saturated carbocycles. The maximum atomic E-state index is 12.5. The second kappa shape index (κ2) is 11.5. The van der Waals surface area contributed by atoms with Crippen molar-refractivity contribution in [3.05, 3.63) is 11.6 Å². The third-order valence-corrected chi connectivity index (χ3v) is 6.22. The molecule has 1 heterocycles. The maximum absolute atomic E-state index is 12.5. The van der Waals surface area contributed by atoms with Crippen molar-refractivity contribution >= 4 is 12.1 Å². The van der Waals surface area contributed by atoms with E-state index in [2.05, 4.69) is 40.0 Å². The smallest absolute Gasteiger partial charge is 0.408 e. The highest BCUT2D eigenvalue weighted by Gasteiger charge is 2.31. The summed E-state index contributed by atoms with van der Waals surface area (Å²) in [6.45, 7) is 12.7. The van der Waals surface area contributed by atoms with Gasteiger partial charge in [0.15, 0.2) is 11.8 Å². The number of nitrogens with one attached hydrogen (secondary N) is 3. The Balaban J connectivity index is 2.11. The number of rotatable bonds is 8. The molecule has 1 aliphatic rings. The van der Waals surface area contributed by atoms with Gasteiger partial charge in [-0.3, -0.25) is 0 Å². The van der Waals surface area contributed by atoms with Gasteiger partial charge >= 0.3 is 6.09 Å². The van der Waals surface area contributed by atoms with Crippen molar-refractivity contribution in [2.45, 2.75) is 110 Å². The Morgan fingerprint density at radius 3 is 2.34 bits per heavy atom. The number of carbonyl (C=O) groups is 1. The summed E-state index contributed by atoms with van der Waals surface area (Å²) in [4.78, 5) is 17.3. The van der Waals surface area contributed by atoms with Crippen LogP contribution in [0.15, 0.2) is 4.99 Å². The van der Waals surface area contributed by atoms with Gasteiger partial charge in [0.05, 0.1) is 5.54 Å². The molecule has 1 aromatic heterocycles. The second-order valence-corrected chi connectivity index (χ2v) is 9.83. The largest absolute Gasteiger partial charge is 0.444 e. The van der Waals surface area contributed by atoms with Crippen molar-refractivity contribution in [1.82, 2.24) is 30.7 Å². The highest BCUT2D eigenvalue weighted by atomic mass is 16.6. The number of hydrogen-bond donors (Lipinski definition) is 3. The van der Waals surface area contributed by atoms with E-state index >= 15 is 0 Å². The number of nitrogens with zero attached hydrogens (tertiary/aromatic N) is 4. The van der Waals surface area contributed by atoms with Crippen LogP contribution < -0.4 is 16.0 Å². The van der Waals surface area contributed by atoms with Crippen LogP contribution in [0.2, 0.25) is 0 Å². The van der Waals surface area contributed by atoms with E-state index in [1.165, 1.54) is 19.3 Å². The number of carbonyl (C=O) groups excluding carboxylic acids is 1. The molecule has 9 heteroatoms. The van der Waals surface area contributed by atoms with Crippen LogP contribution in [0.5, 0.6) is 0 Å². The first kappa shape index (κ1) is 25.9. The Morgan fingerprint density at radius 1 is 1.16 bits per heavy atom. The second-order valence-electron chi connectivity index (χ2n) is 9.83. The zero-order valence-corrected chi connectivity index (χ0v) is 21.0. The molecule has 2 rings (SSSR count). The standard InChI is InChI=1S/C23H43N7O2/c1-8-23(9-2,27-21(31)32-22(4,5)6)16-25-20(26-18-13-11-10-12-14-18)24-15-19-29-28-17(3)30(19)7/h18H,8-16H2,1-7H3,(H,27,31)(H2,24,25,26). The first-order valence-electron chi connectivity index (χ1n) is 12.0. The van der Waals surface area contributed by atoms with Gasteiger partial charge in [-0.25, -0.2) is 9.79 Å². The molecule has 1 aromatic rings. The average molecular weight is 450 g/mol. The topological polar surface area (TPSA) is 105 Å². The van der Waals surface area contributed by atoms with E-state index in [4.69, 9.17) is 9.73 Å². The molecule has 182 valence electrons. The van der Waals surface area contributed by atoms with Crippen LogP contribution in [0.1, 0.15) is 91.2 Å². The normalized spacial score (nSPS) is 16.0. The Labute approximate surface area is 193 Å². The molecule has 0 aliphatic heterocycles. The first-order valence-corrected chi connectivity index (χ1v) is 12.0. The lowest BCUT2D eigenvalue weighted by molar-refractivity contribution is 0.0448. The van der Waals surface area contributed by atoms with Crippen LogP contribution in [-0.2, 0) is 18.3 Å². The van der Waals surface area contributed by atoms with Gasteiger partial charge in [0.25, 0.3) is 0 Å². The van der Waals surface area contributed by atoms with Gasteiger partial charge in [-0.15, -0.1) is 10.2 Å². The first-order chi connectivity index (χ1) is 15.1. The Morgan fingerprint density at radius 2 is 1.81 bits per heavy atom. The third kappa shape index (κ3) is 7.98. The SMILES string of the molecule is CCC(CC)(CNC(=NCc1nnc(C)n1C)NC1CCCCC1)NC(=O)OC(C)(C)C. The summed E-state index contributed by atoms with van der Waals surface area (Å²) < 4.78 is 7.46. The molecule has 0 spiro atoms. The fourth-order valence-corrected chi connectivity index (χ4v) is 3.83. The van der Waals surface area contributed by atoms with Crippen LogP contribution in [0.4, 0.5) is 4.79 Å². The fraction of sp³-hybridized carbons (Fsp3) is 0.826. The van der Waals surface area contributed by atoms with Crippen LogP contribution in [0.3, 0.4) is 0 Å². The van der Waals surface area contributed by atoms with Crippen LogP contribution in [-0.4, -0.2) is 50.5 Å². The Bertz CT molecular complexity index is 757. The summed E-state index contributed by atoms with van der Waals surface area (Å²) in [5.74, 6) is 2.42. The number of aliphatic imine (C=N–C) groups is 1. The van der Waals surface area contributed by atoms with E-state index in [9.17, 15) is 4.79 Å². The summed E-state index contributed by atoms with van der Waals surface area (Å²) in [6, 6.07) is 0.410. The van der Waals surface area contributed by atoms with Gasteiger partial charge < -0.3 is 25.3 Å². The molecule has 0 atom stereocenters. The molecule has 0 unspecified atom stereocenters. The summed E-state index contributed by atoms with van der Waals surface area (Å²) >= 11 is 0. The molecule has 3 N–H and O–H groups in total. The number of aryl methyl sites for hydroxylation is 1. The molecule has 0 saturated heterocycles. The number of amides is 1. The van der Waals surface area contributed by atoms with E-state index < -0.39 is 17.2 Å². The summed E-state index contributed by atoms with van der Waals surface area (Å²) in [5.41, 5.74) is -0.965. The highest BCUT2D eigenvalue weighted by molar-refractivity contribution is 5.80. The monoisotopic (exact) mass is 449 g/mol. The minimum atomic E-state index is -0.534. The molecule has 1 fully saturated rings. The molecule has 9 nitrogen and oxygen atoms in total. The van der Waals surface area contributed by atoms with Gasteiger partial charge in [-0.1, -0.05) is 33.1 Å². The average Bonchev–Trinajstić information content (AvgIpc) is 3.06. The molecule has 0 bridgehead atoms. The lowest BCUT2D eigenvalue weighted by atomic mass is 9.93. The van der Waals surface area contributed by atoms with E-state index in [0.717, 1.165) is 43.3 Å². The van der Waals surface area contributed by atoms with E-state index in [1.807, 2.05) is 39.3 Å². The minimum absolute atomic E-state index is 0.392. The predicted molar refractivity (Wildman–Crippen MR) is 128 cm³/mol. The number of alkyl carbamates (subject to hydrolysis) is 1. The molecular formula is C23H43N7O2. The van der Waals surface area contributed by atoms with Crippen molar-refractivity contribution < 1.29 is 9.53 Å². The lowest BCUT2D eigenvalue weighted by Crippen LogP contribution is -2.57. The predicted octanol–water partition coefficient (Wildman–Crippen LogP) is 3.57. The number of hydrogen-bond acceptors (Lipinski definition) is 5. The summed E-state index contributed by atoms with van der Waals surface area (Å²) in [7, 11) is 1.95. The summed E-state index contributed by atoms with van der Waals surface area (Å²) in [6.07, 6.45) is 7.22. The molecule has 0 aromatic carbocycles. The van der Waals surface area contributed by atoms with Gasteiger partial charge in [-0.2, -0.15) is 0 Å². The maximum Gasteiger partial charge on any atom is 0.408 e. The zero-order chi connectivity index (χ0) is 23.8.